The second-order valence-electron chi connectivity index (χ2n) is 5.15. The van der Waals surface area contributed by atoms with Crippen molar-refractivity contribution < 1.29 is 9.90 Å². The number of aromatic hydroxyl groups is 1. The number of hydrogen-bond donors (Lipinski definition) is 1. The standard InChI is InChI=1S/C17H12N2O3S/c1-9-11(16(21)19(2)17(22)12(9)8-18)7-14-15(20)10-5-3-4-6-13(10)23-14/h3-7,21H,1-2H3. The first-order chi connectivity index (χ1) is 11.0. The van der Waals surface area contributed by atoms with Gasteiger partial charge in [0.25, 0.3) is 5.56 Å². The van der Waals surface area contributed by atoms with Crippen LogP contribution in [0.1, 0.15) is 27.0 Å². The molecule has 1 aromatic heterocycles. The van der Waals surface area contributed by atoms with Crippen LogP contribution >= 0.6 is 11.8 Å². The fourth-order valence-electron chi connectivity index (χ4n) is 2.48. The SMILES string of the molecule is Cc1c(C=C2Sc3ccccc3C2=O)c(O)n(C)c(=O)c1C#N. The fourth-order valence-corrected chi connectivity index (χ4v) is 3.51. The maximum Gasteiger partial charge on any atom is 0.271 e. The van der Waals surface area contributed by atoms with Crippen LogP contribution in [0.3, 0.4) is 0 Å². The van der Waals surface area contributed by atoms with Gasteiger partial charge in [0.15, 0.2) is 0 Å². The van der Waals surface area contributed by atoms with Crippen molar-refractivity contribution in [1.29, 1.82) is 5.26 Å². The fraction of sp³-hybridized carbons (Fsp3) is 0.118. The van der Waals surface area contributed by atoms with Crippen molar-refractivity contribution in [1.82, 2.24) is 4.57 Å². The summed E-state index contributed by atoms with van der Waals surface area (Å²) in [4.78, 5) is 25.7. The average Bonchev–Trinajstić information content (AvgIpc) is 2.87. The minimum absolute atomic E-state index is 0.0369. The summed E-state index contributed by atoms with van der Waals surface area (Å²) < 4.78 is 1.01. The normalized spacial score (nSPS) is 14.8. The van der Waals surface area contributed by atoms with Gasteiger partial charge in [0.05, 0.1) is 4.91 Å². The first-order valence-corrected chi connectivity index (χ1v) is 7.63. The van der Waals surface area contributed by atoms with E-state index in [9.17, 15) is 14.7 Å². The van der Waals surface area contributed by atoms with Crippen LogP contribution in [0.15, 0.2) is 38.9 Å². The molecule has 1 aliphatic rings. The summed E-state index contributed by atoms with van der Waals surface area (Å²) in [5.41, 5.74) is 0.701. The number of ketones is 1. The Morgan fingerprint density at radius 2 is 2.00 bits per heavy atom. The van der Waals surface area contributed by atoms with Crippen LogP contribution in [0, 0.1) is 18.3 Å². The lowest BCUT2D eigenvalue weighted by Gasteiger charge is -2.10. The Labute approximate surface area is 136 Å². The number of carbonyl (C=O) groups is 1. The monoisotopic (exact) mass is 324 g/mol. The highest BCUT2D eigenvalue weighted by Gasteiger charge is 2.26. The number of nitrogens with zero attached hydrogens (tertiary/aromatic N) is 2. The number of nitriles is 1. The molecule has 0 spiro atoms. The number of pyridine rings is 1. The highest BCUT2D eigenvalue weighted by Crippen LogP contribution is 2.41. The number of aromatic nitrogens is 1. The van der Waals surface area contributed by atoms with E-state index in [1.54, 1.807) is 19.1 Å². The number of hydrogen-bond acceptors (Lipinski definition) is 5. The molecule has 1 aliphatic heterocycles. The molecule has 5 nitrogen and oxygen atoms in total. The molecule has 6 heteroatoms. The van der Waals surface area contributed by atoms with Crippen LogP contribution in [-0.2, 0) is 7.05 Å². The van der Waals surface area contributed by atoms with Crippen LogP contribution in [0.25, 0.3) is 6.08 Å². The molecule has 2 heterocycles. The highest BCUT2D eigenvalue weighted by molar-refractivity contribution is 8.04. The summed E-state index contributed by atoms with van der Waals surface area (Å²) in [6.45, 7) is 1.59. The zero-order valence-electron chi connectivity index (χ0n) is 12.5. The number of fused-ring (bicyclic) bond motifs is 1. The quantitative estimate of drug-likeness (QED) is 0.815. The average molecular weight is 324 g/mol. The van der Waals surface area contributed by atoms with Gasteiger partial charge in [-0.3, -0.25) is 14.2 Å². The van der Waals surface area contributed by atoms with Crippen LogP contribution in [0.5, 0.6) is 5.88 Å². The van der Waals surface area contributed by atoms with E-state index >= 15 is 0 Å². The lowest BCUT2D eigenvalue weighted by molar-refractivity contribution is 0.104. The van der Waals surface area contributed by atoms with Crippen LogP contribution in [-0.4, -0.2) is 15.5 Å². The van der Waals surface area contributed by atoms with Crippen molar-refractivity contribution in [2.24, 2.45) is 7.05 Å². The third kappa shape index (κ3) is 2.26. The zero-order chi connectivity index (χ0) is 16.7. The number of carbonyl (C=O) groups excluding carboxylic acids is 1. The Morgan fingerprint density at radius 3 is 2.65 bits per heavy atom. The molecule has 114 valence electrons. The number of Topliss-reactive ketones (excluding diaryl/α,β-unsaturated/α-hetero) is 1. The molecule has 2 aromatic rings. The van der Waals surface area contributed by atoms with Gasteiger partial charge in [-0.2, -0.15) is 5.26 Å². The third-order valence-corrected chi connectivity index (χ3v) is 4.92. The Morgan fingerprint density at radius 1 is 1.30 bits per heavy atom. The van der Waals surface area contributed by atoms with Crippen molar-refractivity contribution in [3.8, 4) is 11.9 Å². The minimum Gasteiger partial charge on any atom is -0.494 e. The molecule has 23 heavy (non-hydrogen) atoms. The Balaban J connectivity index is 2.20. The molecule has 0 saturated heterocycles. The van der Waals surface area contributed by atoms with Gasteiger partial charge in [0.2, 0.25) is 11.7 Å². The predicted octanol–water partition coefficient (Wildman–Crippen LogP) is 2.60. The van der Waals surface area contributed by atoms with E-state index in [4.69, 9.17) is 5.26 Å². The molecule has 0 bridgehead atoms. The largest absolute Gasteiger partial charge is 0.494 e. The third-order valence-electron chi connectivity index (χ3n) is 3.82. The van der Waals surface area contributed by atoms with E-state index in [1.807, 2.05) is 18.2 Å². The molecular formula is C17H12N2O3S. The topological polar surface area (TPSA) is 83.1 Å². The maximum atomic E-state index is 12.4. The zero-order valence-corrected chi connectivity index (χ0v) is 13.3. The predicted molar refractivity (Wildman–Crippen MR) is 87.4 cm³/mol. The lowest BCUT2D eigenvalue weighted by atomic mass is 10.0. The molecule has 0 aliphatic carbocycles. The summed E-state index contributed by atoms with van der Waals surface area (Å²) in [6.07, 6.45) is 1.54. The van der Waals surface area contributed by atoms with Crippen LogP contribution in [0.4, 0.5) is 0 Å². The van der Waals surface area contributed by atoms with Gasteiger partial charge in [-0.25, -0.2) is 0 Å². The number of rotatable bonds is 1. The summed E-state index contributed by atoms with van der Waals surface area (Å²) in [5.74, 6) is -0.389. The smallest absolute Gasteiger partial charge is 0.271 e. The van der Waals surface area contributed by atoms with Crippen molar-refractivity contribution in [3.05, 3.63) is 61.8 Å². The molecule has 1 aromatic carbocycles. The second-order valence-corrected chi connectivity index (χ2v) is 6.23. The van der Waals surface area contributed by atoms with Gasteiger partial charge >= 0.3 is 0 Å². The van der Waals surface area contributed by atoms with Gasteiger partial charge in [-0.05, 0) is 30.7 Å². The Bertz CT molecular complexity index is 981. The first-order valence-electron chi connectivity index (χ1n) is 6.81. The summed E-state index contributed by atoms with van der Waals surface area (Å²) in [7, 11) is 1.39. The number of thioether (sulfide) groups is 1. The van der Waals surface area contributed by atoms with Gasteiger partial charge in [0, 0.05) is 23.1 Å². The molecule has 0 unspecified atom stereocenters. The van der Waals surface area contributed by atoms with E-state index in [-0.39, 0.29) is 17.2 Å². The molecule has 0 atom stereocenters. The molecule has 0 amide bonds. The van der Waals surface area contributed by atoms with Crippen LogP contribution < -0.4 is 5.56 Å². The molecule has 3 rings (SSSR count). The van der Waals surface area contributed by atoms with E-state index in [1.165, 1.54) is 24.9 Å². The Kier molecular flexibility index (Phi) is 3.58. The van der Waals surface area contributed by atoms with Crippen LogP contribution in [0.2, 0.25) is 0 Å². The number of benzene rings is 1. The summed E-state index contributed by atoms with van der Waals surface area (Å²) in [6, 6.07) is 9.11. The van der Waals surface area contributed by atoms with Crippen molar-refractivity contribution in [2.45, 2.75) is 11.8 Å². The highest BCUT2D eigenvalue weighted by atomic mass is 32.2. The van der Waals surface area contributed by atoms with Gasteiger partial charge in [-0.15, -0.1) is 0 Å². The Hall–Kier alpha value is -2.78. The summed E-state index contributed by atoms with van der Waals surface area (Å²) in [5, 5.41) is 19.4. The molecular weight excluding hydrogens is 312 g/mol. The van der Waals surface area contributed by atoms with Crippen molar-refractivity contribution >= 4 is 23.6 Å². The van der Waals surface area contributed by atoms with Gasteiger partial charge < -0.3 is 5.11 Å². The summed E-state index contributed by atoms with van der Waals surface area (Å²) >= 11 is 1.31. The van der Waals surface area contributed by atoms with Crippen molar-refractivity contribution in [3.63, 3.8) is 0 Å². The molecule has 1 N–H and O–H groups in total. The van der Waals surface area contributed by atoms with E-state index < -0.39 is 5.56 Å². The van der Waals surface area contributed by atoms with Gasteiger partial charge in [-0.1, -0.05) is 23.9 Å². The van der Waals surface area contributed by atoms with E-state index in [0.717, 1.165) is 9.46 Å². The second kappa shape index (κ2) is 5.45. The molecule has 0 fully saturated rings. The minimum atomic E-state index is -0.557. The first kappa shape index (κ1) is 15.1. The number of allylic oxidation sites excluding steroid dienone is 1. The molecule has 0 radical (unpaired) electrons. The lowest BCUT2D eigenvalue weighted by Crippen LogP contribution is -2.22. The molecule has 0 saturated carbocycles. The van der Waals surface area contributed by atoms with E-state index in [2.05, 4.69) is 0 Å². The van der Waals surface area contributed by atoms with E-state index in [0.29, 0.717) is 21.6 Å². The maximum absolute atomic E-state index is 12.4. The van der Waals surface area contributed by atoms with Gasteiger partial charge in [0.1, 0.15) is 11.6 Å². The van der Waals surface area contributed by atoms with Crippen molar-refractivity contribution in [2.75, 3.05) is 0 Å².